The molecular formula is C30H48IO3PSi4. The highest BCUT2D eigenvalue weighted by Crippen LogP contribution is 2.64. The zero-order valence-corrected chi connectivity index (χ0v) is 32.5. The third-order valence-electron chi connectivity index (χ3n) is 6.10. The topological polar surface area (TPSA) is 27.7 Å². The number of rotatable bonds is 12. The molecule has 0 N–H and O–H groups in total. The third-order valence-corrected chi connectivity index (χ3v) is 24.8. The van der Waals surface area contributed by atoms with Gasteiger partial charge in [-0.15, -0.1) is 0 Å². The van der Waals surface area contributed by atoms with Crippen LogP contribution >= 0.6 is 7.26 Å². The van der Waals surface area contributed by atoms with Crippen molar-refractivity contribution in [3.8, 4) is 0 Å². The number of hydrogen-bond acceptors (Lipinski definition) is 3. The monoisotopic (exact) mass is 726 g/mol. The average molecular weight is 727 g/mol. The molecule has 9 heteroatoms. The van der Waals surface area contributed by atoms with E-state index in [1.165, 1.54) is 15.9 Å². The smallest absolute Gasteiger partial charge is 0.513 e. The molecule has 214 valence electrons. The van der Waals surface area contributed by atoms with E-state index < -0.39 is 41.0 Å². The molecule has 3 nitrogen and oxygen atoms in total. The van der Waals surface area contributed by atoms with Gasteiger partial charge in [-0.05, 0) is 102 Å². The Balaban J connectivity index is 0.00000533. The quantitative estimate of drug-likeness (QED) is 0.153. The summed E-state index contributed by atoms with van der Waals surface area (Å²) in [5.41, 5.74) is 0. The lowest BCUT2D eigenvalue weighted by molar-refractivity contribution is -0.0000155. The predicted molar refractivity (Wildman–Crippen MR) is 178 cm³/mol. The van der Waals surface area contributed by atoms with Crippen molar-refractivity contribution >= 4 is 56.9 Å². The van der Waals surface area contributed by atoms with Crippen molar-refractivity contribution in [1.82, 2.24) is 0 Å². The standard InChI is InChI=1S/C30H48O3PSi4.HI/c1-11-30(38(31-35(2,3)4,32-36(5,6)7)33-37(8,9)10)34(27-21-15-12-16-22-27,28-23-17-13-18-24-28)29-25-19-14-20-26-29;/h12-26,30H,11H2,1-10H3;1H/q+1;/p-1. The van der Waals surface area contributed by atoms with Crippen LogP contribution in [0.4, 0.5) is 0 Å². The highest BCUT2D eigenvalue weighted by Gasteiger charge is 2.68. The van der Waals surface area contributed by atoms with Crippen LogP contribution in [0.5, 0.6) is 0 Å². The van der Waals surface area contributed by atoms with Crippen molar-refractivity contribution < 1.29 is 36.3 Å². The minimum absolute atomic E-state index is 0. The molecule has 0 radical (unpaired) electrons. The molecule has 0 amide bonds. The first kappa shape index (κ1) is 34.8. The molecule has 0 fully saturated rings. The Kier molecular flexibility index (Phi) is 12.2. The lowest BCUT2D eigenvalue weighted by Gasteiger charge is -2.48. The van der Waals surface area contributed by atoms with Gasteiger partial charge in [0.15, 0.2) is 30.2 Å². The van der Waals surface area contributed by atoms with E-state index in [0.717, 1.165) is 6.42 Å². The van der Waals surface area contributed by atoms with Crippen LogP contribution in [0, 0.1) is 0 Å². The van der Waals surface area contributed by atoms with Crippen LogP contribution in [0.25, 0.3) is 0 Å². The maximum Gasteiger partial charge on any atom is 0.513 e. The van der Waals surface area contributed by atoms with Gasteiger partial charge in [-0.2, -0.15) is 0 Å². The number of halogens is 1. The largest absolute Gasteiger partial charge is 1.00 e. The minimum Gasteiger partial charge on any atom is -1.00 e. The molecule has 0 aliphatic carbocycles. The number of benzene rings is 3. The van der Waals surface area contributed by atoms with E-state index in [1.807, 2.05) is 0 Å². The normalized spacial score (nSPS) is 14.0. The van der Waals surface area contributed by atoms with E-state index in [1.54, 1.807) is 0 Å². The van der Waals surface area contributed by atoms with Crippen molar-refractivity contribution in [2.45, 2.75) is 77.5 Å². The van der Waals surface area contributed by atoms with Crippen molar-refractivity contribution in [2.24, 2.45) is 0 Å². The predicted octanol–water partition coefficient (Wildman–Crippen LogP) is 4.80. The maximum atomic E-state index is 7.43. The van der Waals surface area contributed by atoms with Gasteiger partial charge in [-0.25, -0.2) is 0 Å². The molecule has 0 aliphatic rings. The lowest BCUT2D eigenvalue weighted by atomic mass is 10.4. The summed E-state index contributed by atoms with van der Waals surface area (Å²) in [4.78, 5) is 0. The summed E-state index contributed by atoms with van der Waals surface area (Å²) in [6, 6.07) is 33.4. The van der Waals surface area contributed by atoms with Crippen molar-refractivity contribution in [1.29, 1.82) is 0 Å². The summed E-state index contributed by atoms with van der Waals surface area (Å²) in [5, 5.41) is 4.17. The van der Waals surface area contributed by atoms with Crippen LogP contribution in [-0.4, -0.2) is 39.0 Å². The summed E-state index contributed by atoms with van der Waals surface area (Å²) in [6.07, 6.45) is 0.915. The first-order valence-corrected chi connectivity index (χ1v) is 27.7. The Hall–Kier alpha value is -0.432. The highest BCUT2D eigenvalue weighted by atomic mass is 127. The summed E-state index contributed by atoms with van der Waals surface area (Å²) in [7, 11) is -11.8. The van der Waals surface area contributed by atoms with Gasteiger partial charge in [-0.3, -0.25) is 0 Å². The molecule has 0 saturated heterocycles. The first-order chi connectivity index (χ1) is 17.6. The fourth-order valence-electron chi connectivity index (χ4n) is 5.28. The van der Waals surface area contributed by atoms with E-state index in [4.69, 9.17) is 12.3 Å². The second-order valence-corrected chi connectivity index (χ2v) is 34.0. The van der Waals surface area contributed by atoms with E-state index in [-0.39, 0.29) is 29.3 Å². The fourth-order valence-corrected chi connectivity index (χ4v) is 28.4. The average Bonchev–Trinajstić information content (AvgIpc) is 2.80. The van der Waals surface area contributed by atoms with E-state index in [2.05, 4.69) is 157 Å². The molecule has 0 aliphatic heterocycles. The summed E-state index contributed by atoms with van der Waals surface area (Å²) >= 11 is 0. The molecule has 0 aromatic heterocycles. The number of hydrogen-bond donors (Lipinski definition) is 0. The zero-order valence-electron chi connectivity index (χ0n) is 25.5. The molecule has 3 aromatic rings. The Labute approximate surface area is 260 Å². The van der Waals surface area contributed by atoms with Crippen molar-refractivity contribution in [3.05, 3.63) is 91.0 Å². The van der Waals surface area contributed by atoms with Gasteiger partial charge in [0.1, 0.15) is 23.2 Å². The summed E-state index contributed by atoms with van der Waals surface area (Å²) < 4.78 is 22.3. The van der Waals surface area contributed by atoms with Gasteiger partial charge in [0.2, 0.25) is 0 Å². The molecule has 3 aromatic carbocycles. The van der Waals surface area contributed by atoms with Crippen LogP contribution in [0.3, 0.4) is 0 Å². The van der Waals surface area contributed by atoms with Crippen LogP contribution < -0.4 is 39.9 Å². The van der Waals surface area contributed by atoms with Crippen LogP contribution in [0.15, 0.2) is 91.0 Å². The highest BCUT2D eigenvalue weighted by molar-refractivity contribution is 7.97. The van der Waals surface area contributed by atoms with Gasteiger partial charge in [-0.1, -0.05) is 61.5 Å². The van der Waals surface area contributed by atoms with Crippen LogP contribution in [0.2, 0.25) is 58.9 Å². The Bertz CT molecular complexity index is 1010. The molecule has 0 heterocycles. The lowest BCUT2D eigenvalue weighted by Crippen LogP contribution is -3.00. The molecule has 1 unspecified atom stereocenters. The van der Waals surface area contributed by atoms with Crippen LogP contribution in [0.1, 0.15) is 13.3 Å². The van der Waals surface area contributed by atoms with E-state index in [0.29, 0.717) is 0 Å². The molecule has 39 heavy (non-hydrogen) atoms. The maximum absolute atomic E-state index is 7.43. The van der Waals surface area contributed by atoms with E-state index in [9.17, 15) is 0 Å². The first-order valence-electron chi connectivity index (χ1n) is 13.8. The van der Waals surface area contributed by atoms with Gasteiger partial charge >= 0.3 is 8.80 Å². The van der Waals surface area contributed by atoms with Gasteiger partial charge in [0.25, 0.3) is 0 Å². The van der Waals surface area contributed by atoms with Crippen molar-refractivity contribution in [2.75, 3.05) is 0 Å². The van der Waals surface area contributed by atoms with Gasteiger partial charge in [0.05, 0.1) is 0 Å². The Morgan fingerprint density at radius 2 is 0.769 bits per heavy atom. The molecule has 1 atom stereocenters. The van der Waals surface area contributed by atoms with Gasteiger partial charge < -0.3 is 36.3 Å². The third kappa shape index (κ3) is 8.78. The molecule has 3 rings (SSSR count). The zero-order chi connectivity index (χ0) is 28.2. The van der Waals surface area contributed by atoms with Crippen LogP contribution in [-0.2, 0) is 12.3 Å². The SMILES string of the molecule is CCC([Si](O[Si](C)(C)C)(O[Si](C)(C)C)O[Si](C)(C)C)[P+](c1ccccc1)(c1ccccc1)c1ccccc1.[I-]. The fraction of sp³-hybridized carbons (Fsp3) is 0.400. The molecule has 0 saturated carbocycles. The Morgan fingerprint density at radius 3 is 0.974 bits per heavy atom. The second kappa shape index (κ2) is 13.7. The molecule has 0 bridgehead atoms. The Morgan fingerprint density at radius 1 is 0.513 bits per heavy atom. The second-order valence-electron chi connectivity index (χ2n) is 12.9. The van der Waals surface area contributed by atoms with Crippen molar-refractivity contribution in [3.63, 3.8) is 0 Å². The molecule has 0 spiro atoms. The summed E-state index contributed by atoms with van der Waals surface area (Å²) in [5.74, 6) is 0. The summed E-state index contributed by atoms with van der Waals surface area (Å²) in [6.45, 7) is 22.9. The van der Waals surface area contributed by atoms with E-state index >= 15 is 0 Å². The molecular weight excluding hydrogens is 679 g/mol. The minimum atomic E-state index is -3.28. The van der Waals surface area contributed by atoms with Gasteiger partial charge in [0, 0.05) is 0 Å².